The number of hydrogen-bond donors (Lipinski definition) is 2. The van der Waals surface area contributed by atoms with Crippen molar-refractivity contribution in [3.05, 3.63) is 11.6 Å². The number of carboxylic acid groups (broad SMARTS) is 1. The predicted octanol–water partition coefficient (Wildman–Crippen LogP) is 2.12. The fourth-order valence-electron chi connectivity index (χ4n) is 1.95. The van der Waals surface area contributed by atoms with E-state index in [1.165, 1.54) is 32.3 Å². The van der Waals surface area contributed by atoms with Crippen LogP contribution >= 0.6 is 0 Å². The molecule has 1 rings (SSSR count). The van der Waals surface area contributed by atoms with Gasteiger partial charge in [-0.05, 0) is 26.2 Å². The highest BCUT2D eigenvalue weighted by Gasteiger charge is 2.15. The van der Waals surface area contributed by atoms with Crippen LogP contribution in [0.25, 0.3) is 0 Å². The zero-order chi connectivity index (χ0) is 12.7. The molecule has 4 heteroatoms. The van der Waals surface area contributed by atoms with Crippen LogP contribution < -0.4 is 0 Å². The number of hydrogen-bond acceptors (Lipinski definition) is 3. The molecule has 0 aliphatic heterocycles. The van der Waals surface area contributed by atoms with E-state index >= 15 is 0 Å². The monoisotopic (exact) mass is 242 g/mol. The fourth-order valence-corrected chi connectivity index (χ4v) is 1.95. The molecular formula is C13H22O4. The molecule has 4 nitrogen and oxygen atoms in total. The second kappa shape index (κ2) is 7.45. The van der Waals surface area contributed by atoms with E-state index in [9.17, 15) is 9.90 Å². The van der Waals surface area contributed by atoms with Crippen LogP contribution in [0, 0.1) is 0 Å². The van der Waals surface area contributed by atoms with Gasteiger partial charge in [-0.1, -0.05) is 25.3 Å². The van der Waals surface area contributed by atoms with Gasteiger partial charge in [0.15, 0.2) is 0 Å². The molecule has 0 heterocycles. The maximum atomic E-state index is 10.5. The summed E-state index contributed by atoms with van der Waals surface area (Å²) in [7, 11) is 0. The van der Waals surface area contributed by atoms with Gasteiger partial charge in [-0.2, -0.15) is 0 Å². The number of carboxylic acids is 1. The van der Waals surface area contributed by atoms with E-state index in [2.05, 4.69) is 0 Å². The topological polar surface area (TPSA) is 66.8 Å². The summed E-state index contributed by atoms with van der Waals surface area (Å²) < 4.78 is 5.61. The molecule has 1 aliphatic rings. The van der Waals surface area contributed by atoms with Crippen LogP contribution in [-0.2, 0) is 9.53 Å². The van der Waals surface area contributed by atoms with Gasteiger partial charge in [0.2, 0.25) is 0 Å². The molecule has 0 amide bonds. The van der Waals surface area contributed by atoms with Crippen molar-refractivity contribution in [1.82, 2.24) is 0 Å². The summed E-state index contributed by atoms with van der Waals surface area (Å²) in [5, 5.41) is 18.3. The highest BCUT2D eigenvalue weighted by molar-refractivity contribution is 5.85. The van der Waals surface area contributed by atoms with Crippen molar-refractivity contribution < 1.29 is 19.7 Å². The smallest absolute Gasteiger partial charge is 0.330 e. The number of aliphatic carboxylic acids is 1. The van der Waals surface area contributed by atoms with Gasteiger partial charge in [-0.15, -0.1) is 0 Å². The first-order valence-electron chi connectivity index (χ1n) is 6.29. The molecule has 0 aromatic carbocycles. The molecule has 1 atom stereocenters. The number of aliphatic hydroxyl groups is 1. The molecule has 0 radical (unpaired) electrons. The Hall–Kier alpha value is -0.870. The van der Waals surface area contributed by atoms with Crippen LogP contribution in [-0.4, -0.2) is 35.0 Å². The first kappa shape index (κ1) is 14.2. The Balaban J connectivity index is 2.18. The number of aliphatic hydroxyl groups excluding tert-OH is 1. The van der Waals surface area contributed by atoms with Crippen molar-refractivity contribution in [2.24, 2.45) is 0 Å². The molecule has 2 N–H and O–H groups in total. The zero-order valence-corrected chi connectivity index (χ0v) is 10.4. The van der Waals surface area contributed by atoms with Crippen LogP contribution in [0.1, 0.15) is 45.4 Å². The summed E-state index contributed by atoms with van der Waals surface area (Å²) in [6, 6.07) is 0. The van der Waals surface area contributed by atoms with Crippen molar-refractivity contribution >= 4 is 5.97 Å². The van der Waals surface area contributed by atoms with Gasteiger partial charge in [-0.25, -0.2) is 4.79 Å². The number of ether oxygens (including phenoxy) is 1. The Morgan fingerprint density at radius 1 is 1.41 bits per heavy atom. The van der Waals surface area contributed by atoms with Crippen molar-refractivity contribution in [3.8, 4) is 0 Å². The third-order valence-corrected chi connectivity index (χ3v) is 3.11. The molecule has 98 valence electrons. The SMILES string of the molecule is C/C(=C\CC(O)COC1CCCCC1)C(=O)O. The summed E-state index contributed by atoms with van der Waals surface area (Å²) in [6.45, 7) is 1.82. The van der Waals surface area contributed by atoms with E-state index in [1.54, 1.807) is 0 Å². The zero-order valence-electron chi connectivity index (χ0n) is 10.4. The first-order valence-corrected chi connectivity index (χ1v) is 6.29. The van der Waals surface area contributed by atoms with Crippen molar-refractivity contribution in [2.75, 3.05) is 6.61 Å². The Labute approximate surface area is 102 Å². The van der Waals surface area contributed by atoms with Gasteiger partial charge >= 0.3 is 5.97 Å². The lowest BCUT2D eigenvalue weighted by atomic mass is 9.98. The van der Waals surface area contributed by atoms with Crippen LogP contribution in [0.5, 0.6) is 0 Å². The normalized spacial score (nSPS) is 20.2. The van der Waals surface area contributed by atoms with E-state index < -0.39 is 12.1 Å². The predicted molar refractivity (Wildman–Crippen MR) is 64.8 cm³/mol. The molecular weight excluding hydrogens is 220 g/mol. The van der Waals surface area contributed by atoms with Crippen molar-refractivity contribution in [1.29, 1.82) is 0 Å². The largest absolute Gasteiger partial charge is 0.478 e. The molecule has 1 unspecified atom stereocenters. The summed E-state index contributed by atoms with van der Waals surface area (Å²) in [5.74, 6) is -0.939. The Kier molecular flexibility index (Phi) is 6.22. The summed E-state index contributed by atoms with van der Waals surface area (Å²) >= 11 is 0. The minimum atomic E-state index is -0.939. The Bertz CT molecular complexity index is 267. The van der Waals surface area contributed by atoms with Gasteiger partial charge in [0, 0.05) is 5.57 Å². The maximum absolute atomic E-state index is 10.5. The van der Waals surface area contributed by atoms with Gasteiger partial charge in [-0.3, -0.25) is 0 Å². The molecule has 0 saturated heterocycles. The third-order valence-electron chi connectivity index (χ3n) is 3.11. The highest BCUT2D eigenvalue weighted by atomic mass is 16.5. The highest BCUT2D eigenvalue weighted by Crippen LogP contribution is 2.20. The number of carbonyl (C=O) groups is 1. The standard InChI is InChI=1S/C13H22O4/c1-10(13(15)16)7-8-11(14)9-17-12-5-3-2-4-6-12/h7,11-12,14H,2-6,8-9H2,1H3,(H,15,16)/b10-7+. The molecule has 0 aromatic rings. The molecule has 1 fully saturated rings. The van der Waals surface area contributed by atoms with Gasteiger partial charge in [0.05, 0.1) is 18.8 Å². The second-order valence-electron chi connectivity index (χ2n) is 4.68. The molecule has 0 aromatic heterocycles. The molecule has 17 heavy (non-hydrogen) atoms. The van der Waals surface area contributed by atoms with E-state index in [1.807, 2.05) is 0 Å². The first-order chi connectivity index (χ1) is 8.09. The maximum Gasteiger partial charge on any atom is 0.330 e. The fraction of sp³-hybridized carbons (Fsp3) is 0.769. The lowest BCUT2D eigenvalue weighted by molar-refractivity contribution is -0.132. The molecule has 0 bridgehead atoms. The van der Waals surface area contributed by atoms with Crippen LogP contribution in [0.15, 0.2) is 11.6 Å². The molecule has 1 aliphatic carbocycles. The Morgan fingerprint density at radius 3 is 2.65 bits per heavy atom. The van der Waals surface area contributed by atoms with Crippen LogP contribution in [0.4, 0.5) is 0 Å². The quantitative estimate of drug-likeness (QED) is 0.700. The van der Waals surface area contributed by atoms with Gasteiger partial charge < -0.3 is 14.9 Å². The summed E-state index contributed by atoms with van der Waals surface area (Å²) in [4.78, 5) is 10.5. The summed E-state index contributed by atoms with van der Waals surface area (Å²) in [6.07, 6.45) is 7.41. The minimum Gasteiger partial charge on any atom is -0.478 e. The second-order valence-corrected chi connectivity index (χ2v) is 4.68. The summed E-state index contributed by atoms with van der Waals surface area (Å²) in [5.41, 5.74) is 0.265. The van der Waals surface area contributed by atoms with Crippen molar-refractivity contribution in [2.45, 2.75) is 57.7 Å². The van der Waals surface area contributed by atoms with E-state index in [0.717, 1.165) is 12.8 Å². The van der Waals surface area contributed by atoms with Crippen LogP contribution in [0.3, 0.4) is 0 Å². The molecule has 1 saturated carbocycles. The van der Waals surface area contributed by atoms with Crippen molar-refractivity contribution in [3.63, 3.8) is 0 Å². The lowest BCUT2D eigenvalue weighted by Gasteiger charge is -2.23. The van der Waals surface area contributed by atoms with Gasteiger partial charge in [0.25, 0.3) is 0 Å². The average Bonchev–Trinajstić information content (AvgIpc) is 2.34. The van der Waals surface area contributed by atoms with Gasteiger partial charge in [0.1, 0.15) is 0 Å². The van der Waals surface area contributed by atoms with E-state index in [0.29, 0.717) is 13.0 Å². The van der Waals surface area contributed by atoms with Crippen LogP contribution in [0.2, 0.25) is 0 Å². The number of rotatable bonds is 6. The average molecular weight is 242 g/mol. The third kappa shape index (κ3) is 5.84. The minimum absolute atomic E-state index is 0.265. The lowest BCUT2D eigenvalue weighted by Crippen LogP contribution is -2.23. The van der Waals surface area contributed by atoms with E-state index in [-0.39, 0.29) is 11.7 Å². The van der Waals surface area contributed by atoms with E-state index in [4.69, 9.17) is 9.84 Å². The Morgan fingerprint density at radius 2 is 2.06 bits per heavy atom. The molecule has 0 spiro atoms.